The summed E-state index contributed by atoms with van der Waals surface area (Å²) < 4.78 is 18.1. The Kier molecular flexibility index (Phi) is 10.5. The Balaban J connectivity index is 1.73. The predicted octanol–water partition coefficient (Wildman–Crippen LogP) is 5.82. The second-order valence-electron chi connectivity index (χ2n) is 12.2. The van der Waals surface area contributed by atoms with Crippen LogP contribution in [0.1, 0.15) is 45.7 Å². The molecule has 1 fully saturated rings. The van der Waals surface area contributed by atoms with Crippen molar-refractivity contribution in [1.29, 1.82) is 0 Å². The van der Waals surface area contributed by atoms with Crippen molar-refractivity contribution >= 4 is 20.3 Å². The summed E-state index contributed by atoms with van der Waals surface area (Å²) in [6.07, 6.45) is -1.63. The SMILES string of the molecule is C[C@@H]([C@@H](O)[C@H](C)C(=O)N1C(=O)OC[C@@H]1Cc1ccccc1)[C@H](COCc1ccccc1)O[Si](C)(C)C(C)(C)C. The molecule has 5 atom stereocenters. The van der Waals surface area contributed by atoms with Crippen LogP contribution in [0.5, 0.6) is 0 Å². The van der Waals surface area contributed by atoms with Gasteiger partial charge in [0.05, 0.1) is 37.4 Å². The van der Waals surface area contributed by atoms with Gasteiger partial charge in [0, 0.05) is 5.92 Å². The Bertz CT molecular complexity index is 1070. The van der Waals surface area contributed by atoms with Gasteiger partial charge in [0.15, 0.2) is 8.32 Å². The Hall–Kier alpha value is -2.52. The molecule has 3 rings (SSSR count). The molecule has 0 unspecified atom stereocenters. The minimum absolute atomic E-state index is 0.0409. The van der Waals surface area contributed by atoms with Gasteiger partial charge in [-0.15, -0.1) is 0 Å². The second-order valence-corrected chi connectivity index (χ2v) is 16.9. The topological polar surface area (TPSA) is 85.3 Å². The van der Waals surface area contributed by atoms with Crippen LogP contribution in [0.3, 0.4) is 0 Å². The van der Waals surface area contributed by atoms with Gasteiger partial charge in [-0.05, 0) is 35.7 Å². The highest BCUT2D eigenvalue weighted by atomic mass is 28.4. The molecule has 0 spiro atoms. The van der Waals surface area contributed by atoms with E-state index >= 15 is 0 Å². The van der Waals surface area contributed by atoms with Crippen LogP contribution in [0.25, 0.3) is 0 Å². The van der Waals surface area contributed by atoms with Crippen LogP contribution in [0.4, 0.5) is 4.79 Å². The number of carbonyl (C=O) groups excluding carboxylic acids is 2. The number of nitrogens with zero attached hydrogens (tertiary/aromatic N) is 1. The van der Waals surface area contributed by atoms with Crippen molar-refractivity contribution in [3.63, 3.8) is 0 Å². The first kappa shape index (κ1) is 31.0. The van der Waals surface area contributed by atoms with Crippen molar-refractivity contribution in [3.8, 4) is 0 Å². The monoisotopic (exact) mass is 555 g/mol. The smallest absolute Gasteiger partial charge is 0.416 e. The quantitative estimate of drug-likeness (QED) is 0.332. The number of hydrogen-bond acceptors (Lipinski definition) is 6. The highest BCUT2D eigenvalue weighted by Gasteiger charge is 2.45. The minimum Gasteiger partial charge on any atom is -0.447 e. The van der Waals surface area contributed by atoms with E-state index in [-0.39, 0.29) is 18.3 Å². The molecule has 1 heterocycles. The van der Waals surface area contributed by atoms with E-state index in [2.05, 4.69) is 33.9 Å². The molecule has 214 valence electrons. The average Bonchev–Trinajstić information content (AvgIpc) is 3.26. The maximum atomic E-state index is 13.6. The number of cyclic esters (lactones) is 1. The summed E-state index contributed by atoms with van der Waals surface area (Å²) in [5.41, 5.74) is 2.07. The molecular formula is C31H45NO6Si. The van der Waals surface area contributed by atoms with Crippen LogP contribution in [0, 0.1) is 11.8 Å². The van der Waals surface area contributed by atoms with Gasteiger partial charge in [-0.3, -0.25) is 4.79 Å². The molecule has 0 saturated carbocycles. The molecule has 0 radical (unpaired) electrons. The Morgan fingerprint density at radius 2 is 1.62 bits per heavy atom. The normalized spacial score (nSPS) is 19.3. The van der Waals surface area contributed by atoms with Crippen molar-refractivity contribution in [2.75, 3.05) is 13.2 Å². The summed E-state index contributed by atoms with van der Waals surface area (Å²) in [5.74, 6) is -1.68. The molecule has 0 aliphatic carbocycles. The van der Waals surface area contributed by atoms with E-state index in [0.717, 1.165) is 11.1 Å². The molecule has 0 aromatic heterocycles. The zero-order chi connectivity index (χ0) is 28.8. The van der Waals surface area contributed by atoms with E-state index in [1.807, 2.05) is 67.6 Å². The van der Waals surface area contributed by atoms with Crippen LogP contribution >= 0.6 is 0 Å². The lowest BCUT2D eigenvalue weighted by Gasteiger charge is -2.42. The molecular weight excluding hydrogens is 510 g/mol. The second kappa shape index (κ2) is 13.2. The maximum absolute atomic E-state index is 13.6. The zero-order valence-electron chi connectivity index (χ0n) is 24.4. The van der Waals surface area contributed by atoms with Gasteiger partial charge in [0.2, 0.25) is 5.91 Å². The highest BCUT2D eigenvalue weighted by molar-refractivity contribution is 6.74. The fourth-order valence-corrected chi connectivity index (χ4v) is 5.92. The summed E-state index contributed by atoms with van der Waals surface area (Å²) in [4.78, 5) is 27.3. The van der Waals surface area contributed by atoms with E-state index < -0.39 is 50.4 Å². The van der Waals surface area contributed by atoms with Gasteiger partial charge in [0.25, 0.3) is 0 Å². The number of benzene rings is 2. The summed E-state index contributed by atoms with van der Waals surface area (Å²) in [5, 5.41) is 11.4. The Morgan fingerprint density at radius 1 is 1.05 bits per heavy atom. The molecule has 2 aromatic carbocycles. The van der Waals surface area contributed by atoms with E-state index in [1.54, 1.807) is 6.92 Å². The third-order valence-corrected chi connectivity index (χ3v) is 12.7. The summed E-state index contributed by atoms with van der Waals surface area (Å²) >= 11 is 0. The number of aliphatic hydroxyl groups excluding tert-OH is 1. The van der Waals surface area contributed by atoms with E-state index in [1.165, 1.54) is 4.90 Å². The molecule has 0 bridgehead atoms. The van der Waals surface area contributed by atoms with E-state index in [9.17, 15) is 14.7 Å². The van der Waals surface area contributed by atoms with Gasteiger partial charge in [0.1, 0.15) is 6.61 Å². The molecule has 2 aromatic rings. The number of aliphatic hydroxyl groups is 1. The largest absolute Gasteiger partial charge is 0.447 e. The molecule has 1 aliphatic rings. The third kappa shape index (κ3) is 8.00. The van der Waals surface area contributed by atoms with Crippen LogP contribution in [0.2, 0.25) is 18.1 Å². The number of amides is 2. The molecule has 39 heavy (non-hydrogen) atoms. The molecule has 1 aliphatic heterocycles. The van der Waals surface area contributed by atoms with Crippen LogP contribution in [0.15, 0.2) is 60.7 Å². The number of rotatable bonds is 12. The first-order valence-corrected chi connectivity index (χ1v) is 16.7. The Morgan fingerprint density at radius 3 is 2.18 bits per heavy atom. The standard InChI is InChI=1S/C31H45NO6Si/c1-22(27(38-39(6,7)31(3,4)5)21-36-19-25-16-12-9-13-17-25)28(33)23(2)29(34)32-26(20-37-30(32)35)18-24-14-10-8-11-15-24/h8-17,22-23,26-28,33H,18-21H2,1-7H3/t22-,23+,26+,27+,28-/m1/s1. The average molecular weight is 556 g/mol. The molecule has 7 nitrogen and oxygen atoms in total. The molecule has 8 heteroatoms. The lowest BCUT2D eigenvalue weighted by atomic mass is 9.88. The first-order valence-electron chi connectivity index (χ1n) is 13.8. The van der Waals surface area contributed by atoms with Gasteiger partial charge in [-0.25, -0.2) is 9.69 Å². The molecule has 2 amide bonds. The van der Waals surface area contributed by atoms with Crippen molar-refractivity contribution < 1.29 is 28.6 Å². The van der Waals surface area contributed by atoms with Crippen molar-refractivity contribution in [1.82, 2.24) is 4.90 Å². The van der Waals surface area contributed by atoms with Crippen molar-refractivity contribution in [2.45, 2.75) is 84.0 Å². The summed E-state index contributed by atoms with van der Waals surface area (Å²) in [6, 6.07) is 19.2. The Labute approximate surface area is 234 Å². The van der Waals surface area contributed by atoms with E-state index in [0.29, 0.717) is 13.0 Å². The van der Waals surface area contributed by atoms with Gasteiger partial charge in [-0.1, -0.05) is 95.3 Å². The van der Waals surface area contributed by atoms with Gasteiger partial charge < -0.3 is 19.0 Å². The number of ether oxygens (including phenoxy) is 2. The number of carbonyl (C=O) groups is 2. The lowest BCUT2D eigenvalue weighted by Crippen LogP contribution is -2.51. The fraction of sp³-hybridized carbons (Fsp3) is 0.548. The maximum Gasteiger partial charge on any atom is 0.416 e. The van der Waals surface area contributed by atoms with Gasteiger partial charge >= 0.3 is 6.09 Å². The predicted molar refractivity (Wildman–Crippen MR) is 155 cm³/mol. The highest BCUT2D eigenvalue weighted by Crippen LogP contribution is 2.39. The third-order valence-electron chi connectivity index (χ3n) is 8.19. The lowest BCUT2D eigenvalue weighted by molar-refractivity contribution is -0.139. The van der Waals surface area contributed by atoms with Crippen LogP contribution < -0.4 is 0 Å². The number of hydrogen-bond donors (Lipinski definition) is 1. The first-order chi connectivity index (χ1) is 18.3. The van der Waals surface area contributed by atoms with Crippen LogP contribution in [-0.4, -0.2) is 61.8 Å². The van der Waals surface area contributed by atoms with Crippen molar-refractivity contribution in [3.05, 3.63) is 71.8 Å². The van der Waals surface area contributed by atoms with Crippen LogP contribution in [-0.2, 0) is 31.7 Å². The summed E-state index contributed by atoms with van der Waals surface area (Å²) in [6.45, 7) is 15.2. The van der Waals surface area contributed by atoms with E-state index in [4.69, 9.17) is 13.9 Å². The molecule has 1 saturated heterocycles. The fourth-order valence-electron chi connectivity index (χ4n) is 4.52. The molecule has 1 N–H and O–H groups in total. The van der Waals surface area contributed by atoms with Crippen molar-refractivity contribution in [2.24, 2.45) is 11.8 Å². The zero-order valence-corrected chi connectivity index (χ0v) is 25.4. The minimum atomic E-state index is -2.22. The van der Waals surface area contributed by atoms with Gasteiger partial charge in [-0.2, -0.15) is 0 Å². The summed E-state index contributed by atoms with van der Waals surface area (Å²) in [7, 11) is -2.22. The number of imide groups is 1.